The van der Waals surface area contributed by atoms with Gasteiger partial charge in [-0.1, -0.05) is 24.6 Å². The minimum Gasteiger partial charge on any atom is -0.312 e. The molecule has 0 spiro atoms. The van der Waals surface area contributed by atoms with Crippen LogP contribution in [-0.2, 0) is 16.6 Å². The van der Waals surface area contributed by atoms with Crippen molar-refractivity contribution in [2.45, 2.75) is 24.8 Å². The van der Waals surface area contributed by atoms with E-state index in [1.54, 1.807) is 35.7 Å². The first-order valence-corrected chi connectivity index (χ1v) is 9.32. The second-order valence-electron chi connectivity index (χ2n) is 4.50. The molecule has 0 aliphatic rings. The number of anilines is 1. The molecule has 0 saturated carbocycles. The van der Waals surface area contributed by atoms with E-state index in [9.17, 15) is 8.42 Å². The topological polar surface area (TPSA) is 58.2 Å². The molecule has 1 heterocycles. The fraction of sp³-hybridized carbons (Fsp3) is 0.286. The third-order valence-electron chi connectivity index (χ3n) is 2.78. The zero-order valence-corrected chi connectivity index (χ0v) is 14.0. The van der Waals surface area contributed by atoms with E-state index in [-0.39, 0.29) is 0 Å². The van der Waals surface area contributed by atoms with Gasteiger partial charge in [0.05, 0.1) is 5.69 Å². The van der Waals surface area contributed by atoms with Crippen molar-refractivity contribution in [1.82, 2.24) is 5.32 Å². The summed E-state index contributed by atoms with van der Waals surface area (Å²) in [6.07, 6.45) is 1.01. The maximum Gasteiger partial charge on any atom is 0.263 e. The molecule has 0 amide bonds. The van der Waals surface area contributed by atoms with Crippen molar-refractivity contribution in [2.75, 3.05) is 11.3 Å². The van der Waals surface area contributed by atoms with Gasteiger partial charge in [-0.05, 0) is 42.6 Å². The highest BCUT2D eigenvalue weighted by Gasteiger charge is 2.19. The van der Waals surface area contributed by atoms with Gasteiger partial charge in [0, 0.05) is 16.4 Å². The Hall–Kier alpha value is -1.08. The number of hydrogen-bond donors (Lipinski definition) is 2. The van der Waals surface area contributed by atoms with Crippen molar-refractivity contribution in [1.29, 1.82) is 0 Å². The van der Waals surface area contributed by atoms with Gasteiger partial charge in [-0.15, -0.1) is 11.3 Å². The fourth-order valence-electron chi connectivity index (χ4n) is 1.84. The second-order valence-corrected chi connectivity index (χ2v) is 7.59. The third kappa shape index (κ3) is 4.44. The normalized spacial score (nSPS) is 11.5. The highest BCUT2D eigenvalue weighted by molar-refractivity contribution is 7.93. The van der Waals surface area contributed by atoms with Gasteiger partial charge in [-0.3, -0.25) is 4.72 Å². The molecule has 114 valence electrons. The molecule has 0 unspecified atom stereocenters. The van der Waals surface area contributed by atoms with Crippen molar-refractivity contribution < 1.29 is 8.42 Å². The zero-order chi connectivity index (χ0) is 15.3. The standard InChI is InChI=1S/C14H17ClN2O2S2/c1-2-7-16-10-13-14(6-8-20-13)21(18,19)17-12-5-3-4-11(15)9-12/h3-6,8-9,16-17H,2,7,10H2,1H3. The Balaban J connectivity index is 2.18. The molecule has 0 aliphatic carbocycles. The highest BCUT2D eigenvalue weighted by atomic mass is 35.5. The van der Waals surface area contributed by atoms with Crippen molar-refractivity contribution in [2.24, 2.45) is 0 Å². The van der Waals surface area contributed by atoms with Crippen LogP contribution < -0.4 is 10.0 Å². The molecule has 0 aliphatic heterocycles. The van der Waals surface area contributed by atoms with Crippen LogP contribution in [0.2, 0.25) is 5.02 Å². The van der Waals surface area contributed by atoms with E-state index >= 15 is 0 Å². The Bertz CT molecular complexity index is 699. The summed E-state index contributed by atoms with van der Waals surface area (Å²) in [7, 11) is -3.59. The van der Waals surface area contributed by atoms with E-state index in [1.165, 1.54) is 11.3 Å². The molecule has 0 radical (unpaired) electrons. The monoisotopic (exact) mass is 344 g/mol. The quantitative estimate of drug-likeness (QED) is 0.753. The van der Waals surface area contributed by atoms with Gasteiger partial charge in [0.1, 0.15) is 4.90 Å². The molecule has 2 N–H and O–H groups in total. The average Bonchev–Trinajstić information content (AvgIpc) is 2.88. The Labute approximate surface area is 134 Å². The lowest BCUT2D eigenvalue weighted by atomic mass is 10.3. The van der Waals surface area contributed by atoms with Crippen molar-refractivity contribution in [3.05, 3.63) is 45.6 Å². The molecule has 1 aromatic heterocycles. The van der Waals surface area contributed by atoms with E-state index < -0.39 is 10.0 Å². The van der Waals surface area contributed by atoms with Crippen molar-refractivity contribution >= 4 is 38.6 Å². The first-order valence-electron chi connectivity index (χ1n) is 6.58. The summed E-state index contributed by atoms with van der Waals surface area (Å²) in [4.78, 5) is 1.12. The summed E-state index contributed by atoms with van der Waals surface area (Å²) in [6.45, 7) is 3.48. The van der Waals surface area contributed by atoms with E-state index in [1.807, 2.05) is 0 Å². The van der Waals surface area contributed by atoms with E-state index in [0.29, 0.717) is 22.2 Å². The zero-order valence-electron chi connectivity index (χ0n) is 11.6. The van der Waals surface area contributed by atoms with Crippen LogP contribution in [0.1, 0.15) is 18.2 Å². The highest BCUT2D eigenvalue weighted by Crippen LogP contribution is 2.25. The maximum atomic E-state index is 12.5. The molecule has 0 bridgehead atoms. The Morgan fingerprint density at radius 1 is 1.29 bits per heavy atom. The molecule has 0 fully saturated rings. The summed E-state index contributed by atoms with van der Waals surface area (Å²) >= 11 is 7.30. The maximum absolute atomic E-state index is 12.5. The SMILES string of the molecule is CCCNCc1sccc1S(=O)(=O)Nc1cccc(Cl)c1. The van der Waals surface area contributed by atoms with E-state index in [4.69, 9.17) is 11.6 Å². The fourth-order valence-corrected chi connectivity index (χ4v) is 4.49. The number of halogens is 1. The van der Waals surface area contributed by atoms with Crippen LogP contribution in [-0.4, -0.2) is 15.0 Å². The Morgan fingerprint density at radius 3 is 2.81 bits per heavy atom. The summed E-state index contributed by atoms with van der Waals surface area (Å²) in [5.41, 5.74) is 0.459. The molecular formula is C14H17ClN2O2S2. The summed E-state index contributed by atoms with van der Waals surface area (Å²) in [5, 5.41) is 5.50. The van der Waals surface area contributed by atoms with Crippen LogP contribution in [0, 0.1) is 0 Å². The second kappa shape index (κ2) is 7.26. The minimum absolute atomic E-state index is 0.316. The molecule has 4 nitrogen and oxygen atoms in total. The van der Waals surface area contributed by atoms with Crippen LogP contribution in [0.25, 0.3) is 0 Å². The van der Waals surface area contributed by atoms with E-state index in [2.05, 4.69) is 17.0 Å². The summed E-state index contributed by atoms with van der Waals surface area (Å²) < 4.78 is 27.5. The van der Waals surface area contributed by atoms with Crippen LogP contribution in [0.15, 0.2) is 40.6 Å². The lowest BCUT2D eigenvalue weighted by Gasteiger charge is -2.09. The molecule has 2 rings (SSSR count). The first kappa shape index (κ1) is 16.3. The molecule has 0 saturated heterocycles. The number of thiophene rings is 1. The predicted molar refractivity (Wildman–Crippen MR) is 88.6 cm³/mol. The number of benzene rings is 1. The van der Waals surface area contributed by atoms with Crippen LogP contribution >= 0.6 is 22.9 Å². The lowest BCUT2D eigenvalue weighted by Crippen LogP contribution is -2.18. The molecule has 7 heteroatoms. The molecule has 2 aromatic rings. The first-order chi connectivity index (χ1) is 10.0. The van der Waals surface area contributed by atoms with Gasteiger partial charge in [-0.2, -0.15) is 0 Å². The van der Waals surface area contributed by atoms with Crippen molar-refractivity contribution in [3.8, 4) is 0 Å². The van der Waals surface area contributed by atoms with Gasteiger partial charge in [0.2, 0.25) is 0 Å². The molecule has 0 atom stereocenters. The molecular weight excluding hydrogens is 328 g/mol. The van der Waals surface area contributed by atoms with Crippen LogP contribution in [0.3, 0.4) is 0 Å². The average molecular weight is 345 g/mol. The van der Waals surface area contributed by atoms with Gasteiger partial charge in [0.15, 0.2) is 0 Å². The lowest BCUT2D eigenvalue weighted by molar-refractivity contribution is 0.599. The smallest absolute Gasteiger partial charge is 0.263 e. The number of hydrogen-bond acceptors (Lipinski definition) is 4. The number of rotatable bonds is 7. The van der Waals surface area contributed by atoms with Crippen LogP contribution in [0.5, 0.6) is 0 Å². The Kier molecular flexibility index (Phi) is 5.64. The van der Waals surface area contributed by atoms with Gasteiger partial charge in [-0.25, -0.2) is 8.42 Å². The number of sulfonamides is 1. The van der Waals surface area contributed by atoms with Crippen molar-refractivity contribution in [3.63, 3.8) is 0 Å². The minimum atomic E-state index is -3.59. The van der Waals surface area contributed by atoms with Crippen LogP contribution in [0.4, 0.5) is 5.69 Å². The third-order valence-corrected chi connectivity index (χ3v) is 5.53. The van der Waals surface area contributed by atoms with Gasteiger partial charge < -0.3 is 5.32 Å². The van der Waals surface area contributed by atoms with E-state index in [0.717, 1.165) is 17.8 Å². The Morgan fingerprint density at radius 2 is 2.10 bits per heavy atom. The largest absolute Gasteiger partial charge is 0.312 e. The summed E-state index contributed by atoms with van der Waals surface area (Å²) in [6, 6.07) is 8.29. The summed E-state index contributed by atoms with van der Waals surface area (Å²) in [5.74, 6) is 0. The van der Waals surface area contributed by atoms with Gasteiger partial charge >= 0.3 is 0 Å². The number of nitrogens with one attached hydrogen (secondary N) is 2. The molecule has 1 aromatic carbocycles. The van der Waals surface area contributed by atoms with Gasteiger partial charge in [0.25, 0.3) is 10.0 Å². The molecule has 21 heavy (non-hydrogen) atoms. The predicted octanol–water partition coefficient (Wildman–Crippen LogP) is 3.70.